The largest absolute Gasteiger partial charge is 0.466 e. The molecule has 0 heterocycles. The van der Waals surface area contributed by atoms with Crippen molar-refractivity contribution in [3.05, 3.63) is 12.2 Å². The summed E-state index contributed by atoms with van der Waals surface area (Å²) in [5, 5.41) is 0. The molecule has 0 N–H and O–H groups in total. The maximum absolute atomic E-state index is 10.6. The van der Waals surface area contributed by atoms with Crippen molar-refractivity contribution in [2.45, 2.75) is 40.0 Å². The second-order valence-corrected chi connectivity index (χ2v) is 4.68. The molecule has 80 valence electrons. The molecule has 14 heavy (non-hydrogen) atoms. The zero-order valence-corrected chi connectivity index (χ0v) is 9.43. The van der Waals surface area contributed by atoms with E-state index in [0.717, 1.165) is 6.42 Å². The van der Waals surface area contributed by atoms with Crippen LogP contribution in [0.5, 0.6) is 0 Å². The zero-order chi connectivity index (χ0) is 10.8. The molecule has 0 unspecified atom stereocenters. The first-order valence-electron chi connectivity index (χ1n) is 5.24. The normalized spacial score (nSPS) is 30.6. The van der Waals surface area contributed by atoms with Crippen molar-refractivity contribution in [2.75, 3.05) is 6.61 Å². The lowest BCUT2D eigenvalue weighted by atomic mass is 9.57. The summed E-state index contributed by atoms with van der Waals surface area (Å²) in [6.07, 6.45) is 3.43. The number of carbonyl (C=O) groups excluding carboxylic acids is 1. The van der Waals surface area contributed by atoms with E-state index in [1.807, 2.05) is 0 Å². The average molecular weight is 196 g/mol. The number of allylic oxidation sites excluding steroid dienone is 1. The Morgan fingerprint density at radius 1 is 1.57 bits per heavy atom. The molecule has 0 saturated heterocycles. The molecular weight excluding hydrogens is 176 g/mol. The van der Waals surface area contributed by atoms with Crippen LogP contribution >= 0.6 is 0 Å². The first kappa shape index (κ1) is 11.3. The van der Waals surface area contributed by atoms with Crippen molar-refractivity contribution in [3.8, 4) is 0 Å². The van der Waals surface area contributed by atoms with Gasteiger partial charge >= 0.3 is 5.97 Å². The Morgan fingerprint density at radius 3 is 2.57 bits per heavy atom. The SMILES string of the molecule is C=C(C)[C@@H]1CC[C@]1(C)CCOC(C)=O. The van der Waals surface area contributed by atoms with Crippen LogP contribution in [0.4, 0.5) is 0 Å². The lowest BCUT2D eigenvalue weighted by Crippen LogP contribution is -2.39. The van der Waals surface area contributed by atoms with Crippen molar-refractivity contribution >= 4 is 5.97 Å². The van der Waals surface area contributed by atoms with Gasteiger partial charge in [0.05, 0.1) is 6.61 Å². The lowest BCUT2D eigenvalue weighted by molar-refractivity contribution is -0.142. The molecule has 1 saturated carbocycles. The Kier molecular flexibility index (Phi) is 3.35. The highest BCUT2D eigenvalue weighted by molar-refractivity contribution is 5.65. The van der Waals surface area contributed by atoms with E-state index < -0.39 is 0 Å². The van der Waals surface area contributed by atoms with E-state index >= 15 is 0 Å². The highest BCUT2D eigenvalue weighted by atomic mass is 16.5. The van der Waals surface area contributed by atoms with Gasteiger partial charge in [-0.05, 0) is 37.5 Å². The van der Waals surface area contributed by atoms with E-state index in [-0.39, 0.29) is 5.97 Å². The number of hydrogen-bond acceptors (Lipinski definition) is 2. The molecule has 0 aromatic carbocycles. The Balaban J connectivity index is 2.35. The lowest BCUT2D eigenvalue weighted by Gasteiger charge is -2.48. The van der Waals surface area contributed by atoms with Crippen molar-refractivity contribution in [3.63, 3.8) is 0 Å². The maximum Gasteiger partial charge on any atom is 0.302 e. The fourth-order valence-corrected chi connectivity index (χ4v) is 2.35. The summed E-state index contributed by atoms with van der Waals surface area (Å²) < 4.78 is 4.97. The van der Waals surface area contributed by atoms with Gasteiger partial charge in [-0.3, -0.25) is 4.79 Å². The third kappa shape index (κ3) is 2.37. The summed E-state index contributed by atoms with van der Waals surface area (Å²) in [7, 11) is 0. The minimum Gasteiger partial charge on any atom is -0.466 e. The van der Waals surface area contributed by atoms with Gasteiger partial charge in [0.25, 0.3) is 0 Å². The van der Waals surface area contributed by atoms with Gasteiger partial charge < -0.3 is 4.74 Å². The summed E-state index contributed by atoms with van der Waals surface area (Å²) >= 11 is 0. The number of esters is 1. The summed E-state index contributed by atoms with van der Waals surface area (Å²) in [5.41, 5.74) is 1.59. The molecule has 2 heteroatoms. The van der Waals surface area contributed by atoms with Gasteiger partial charge in [-0.2, -0.15) is 0 Å². The highest BCUT2D eigenvalue weighted by Crippen LogP contribution is 2.51. The molecule has 0 aromatic heterocycles. The van der Waals surface area contributed by atoms with E-state index in [2.05, 4.69) is 20.4 Å². The van der Waals surface area contributed by atoms with Gasteiger partial charge in [-0.1, -0.05) is 19.1 Å². The molecular formula is C12H20O2. The summed E-state index contributed by atoms with van der Waals surface area (Å²) in [6.45, 7) is 10.4. The molecule has 0 spiro atoms. The van der Waals surface area contributed by atoms with Gasteiger partial charge in [0.1, 0.15) is 0 Å². The Bertz CT molecular complexity index is 245. The van der Waals surface area contributed by atoms with Crippen LogP contribution in [0.1, 0.15) is 40.0 Å². The predicted octanol–water partition coefficient (Wildman–Crippen LogP) is 2.93. The first-order chi connectivity index (χ1) is 6.46. The monoisotopic (exact) mass is 196 g/mol. The molecule has 2 atom stereocenters. The molecule has 0 bridgehead atoms. The Morgan fingerprint density at radius 2 is 2.21 bits per heavy atom. The predicted molar refractivity (Wildman–Crippen MR) is 56.9 cm³/mol. The molecule has 1 rings (SSSR count). The van der Waals surface area contributed by atoms with Crippen LogP contribution in [0.25, 0.3) is 0 Å². The summed E-state index contributed by atoms with van der Waals surface area (Å²) in [5.74, 6) is 0.442. The first-order valence-corrected chi connectivity index (χ1v) is 5.24. The minimum absolute atomic E-state index is 0.181. The van der Waals surface area contributed by atoms with Crippen LogP contribution < -0.4 is 0 Å². The molecule has 0 amide bonds. The second-order valence-electron chi connectivity index (χ2n) is 4.68. The molecule has 0 aromatic rings. The summed E-state index contributed by atoms with van der Waals surface area (Å²) in [6, 6.07) is 0. The van der Waals surface area contributed by atoms with Crippen LogP contribution in [0.2, 0.25) is 0 Å². The third-order valence-corrected chi connectivity index (χ3v) is 3.42. The molecule has 0 aliphatic heterocycles. The molecule has 1 aliphatic carbocycles. The van der Waals surface area contributed by atoms with Gasteiger partial charge in [0.2, 0.25) is 0 Å². The van der Waals surface area contributed by atoms with E-state index in [1.165, 1.54) is 25.3 Å². The van der Waals surface area contributed by atoms with E-state index in [4.69, 9.17) is 4.74 Å². The minimum atomic E-state index is -0.181. The van der Waals surface area contributed by atoms with E-state index in [9.17, 15) is 4.79 Å². The number of ether oxygens (including phenoxy) is 1. The number of hydrogen-bond donors (Lipinski definition) is 0. The van der Waals surface area contributed by atoms with Crippen LogP contribution in [0.15, 0.2) is 12.2 Å². The van der Waals surface area contributed by atoms with E-state index in [1.54, 1.807) is 0 Å². The van der Waals surface area contributed by atoms with Crippen LogP contribution in [-0.4, -0.2) is 12.6 Å². The fourth-order valence-electron chi connectivity index (χ4n) is 2.35. The standard InChI is InChI=1S/C12H20O2/c1-9(2)11-5-6-12(11,4)7-8-14-10(3)13/h11H,1,5-8H2,2-4H3/t11-,12+/m0/s1. The van der Waals surface area contributed by atoms with Crippen LogP contribution in [0, 0.1) is 11.3 Å². The van der Waals surface area contributed by atoms with Crippen molar-refractivity contribution < 1.29 is 9.53 Å². The second kappa shape index (κ2) is 4.16. The Labute approximate surface area is 86.3 Å². The van der Waals surface area contributed by atoms with Crippen molar-refractivity contribution in [2.24, 2.45) is 11.3 Å². The molecule has 1 aliphatic rings. The smallest absolute Gasteiger partial charge is 0.302 e. The van der Waals surface area contributed by atoms with Crippen molar-refractivity contribution in [1.82, 2.24) is 0 Å². The molecule has 2 nitrogen and oxygen atoms in total. The Hall–Kier alpha value is -0.790. The average Bonchev–Trinajstić information content (AvgIpc) is 2.00. The van der Waals surface area contributed by atoms with Crippen LogP contribution in [-0.2, 0) is 9.53 Å². The molecule has 0 radical (unpaired) electrons. The topological polar surface area (TPSA) is 26.3 Å². The highest BCUT2D eigenvalue weighted by Gasteiger charge is 2.42. The van der Waals surface area contributed by atoms with Gasteiger partial charge in [0.15, 0.2) is 0 Å². The molecule has 1 fully saturated rings. The van der Waals surface area contributed by atoms with Gasteiger partial charge in [-0.15, -0.1) is 0 Å². The zero-order valence-electron chi connectivity index (χ0n) is 9.43. The van der Waals surface area contributed by atoms with Crippen LogP contribution in [0.3, 0.4) is 0 Å². The van der Waals surface area contributed by atoms with Gasteiger partial charge in [-0.25, -0.2) is 0 Å². The third-order valence-electron chi connectivity index (χ3n) is 3.42. The fraction of sp³-hybridized carbons (Fsp3) is 0.750. The van der Waals surface area contributed by atoms with E-state index in [0.29, 0.717) is 17.9 Å². The van der Waals surface area contributed by atoms with Gasteiger partial charge in [0, 0.05) is 6.92 Å². The number of carbonyl (C=O) groups is 1. The van der Waals surface area contributed by atoms with Crippen molar-refractivity contribution in [1.29, 1.82) is 0 Å². The maximum atomic E-state index is 10.6. The summed E-state index contributed by atoms with van der Waals surface area (Å²) in [4.78, 5) is 10.6. The number of rotatable bonds is 4. The quantitative estimate of drug-likeness (QED) is 0.510.